The van der Waals surface area contributed by atoms with E-state index in [2.05, 4.69) is 19.9 Å². The molecule has 1 amide bonds. The Morgan fingerprint density at radius 1 is 1.55 bits per heavy atom. The van der Waals surface area contributed by atoms with Gasteiger partial charge in [-0.2, -0.15) is 9.97 Å². The van der Waals surface area contributed by atoms with Crippen LogP contribution in [0.3, 0.4) is 0 Å². The minimum absolute atomic E-state index is 0.00272. The van der Waals surface area contributed by atoms with Crippen molar-refractivity contribution in [2.75, 3.05) is 11.4 Å². The molecule has 0 aliphatic carbocycles. The van der Waals surface area contributed by atoms with Gasteiger partial charge in [-0.3, -0.25) is 14.5 Å². The molecule has 1 aliphatic rings. The first-order valence-electron chi connectivity index (χ1n) is 5.89. The zero-order valence-corrected chi connectivity index (χ0v) is 12.0. The van der Waals surface area contributed by atoms with Gasteiger partial charge in [-0.05, 0) is 11.6 Å². The van der Waals surface area contributed by atoms with Crippen molar-refractivity contribution in [3.63, 3.8) is 0 Å². The zero-order chi connectivity index (χ0) is 14.3. The second kappa shape index (κ2) is 5.02. The van der Waals surface area contributed by atoms with Crippen molar-refractivity contribution in [1.82, 2.24) is 19.9 Å². The highest BCUT2D eigenvalue weighted by molar-refractivity contribution is 8.14. The van der Waals surface area contributed by atoms with E-state index in [0.717, 1.165) is 0 Å². The second-order valence-corrected chi connectivity index (χ2v) is 6.17. The summed E-state index contributed by atoms with van der Waals surface area (Å²) in [7, 11) is 0. The third-order valence-electron chi connectivity index (χ3n) is 2.92. The molecule has 3 rings (SSSR count). The predicted octanol–water partition coefficient (Wildman–Crippen LogP) is 1.39. The summed E-state index contributed by atoms with van der Waals surface area (Å²) in [5, 5.41) is -0.0289. The van der Waals surface area contributed by atoms with Crippen molar-refractivity contribution >= 4 is 51.4 Å². The highest BCUT2D eigenvalue weighted by Crippen LogP contribution is 2.31. The summed E-state index contributed by atoms with van der Waals surface area (Å²) in [6, 6.07) is 0. The Kier molecular flexibility index (Phi) is 3.35. The monoisotopic (exact) mass is 311 g/mol. The minimum atomic E-state index is -0.0885. The largest absolute Gasteiger partial charge is 0.340 e. The predicted molar refractivity (Wildman–Crippen MR) is 75.7 cm³/mol. The summed E-state index contributed by atoms with van der Waals surface area (Å²) >= 11 is 7.03. The second-order valence-electron chi connectivity index (χ2n) is 4.36. The van der Waals surface area contributed by atoms with Crippen LogP contribution in [0, 0.1) is 0 Å². The number of aromatic amines is 1. The summed E-state index contributed by atoms with van der Waals surface area (Å²) in [5.74, 6) is 0.323. The summed E-state index contributed by atoms with van der Waals surface area (Å²) < 4.78 is 0. The van der Waals surface area contributed by atoms with Crippen LogP contribution in [0.4, 0.5) is 5.82 Å². The van der Waals surface area contributed by atoms with Crippen LogP contribution < -0.4 is 4.90 Å². The number of carbonyl (C=O) groups is 2. The minimum Gasteiger partial charge on any atom is -0.340 e. The fourth-order valence-corrected chi connectivity index (χ4v) is 3.26. The smallest absolute Gasteiger partial charge is 0.229 e. The molecule has 20 heavy (non-hydrogen) atoms. The molecule has 0 spiro atoms. The van der Waals surface area contributed by atoms with Crippen LogP contribution >= 0.6 is 23.4 Å². The Balaban J connectivity index is 1.97. The molecule has 2 aromatic heterocycles. The van der Waals surface area contributed by atoms with Crippen LogP contribution in [-0.2, 0) is 9.59 Å². The number of H-pyrrole nitrogens is 1. The Bertz CT molecular complexity index is 703. The number of imidazole rings is 1. The molecule has 0 bridgehead atoms. The lowest BCUT2D eigenvalue weighted by molar-refractivity contribution is -0.117. The van der Waals surface area contributed by atoms with Gasteiger partial charge in [-0.15, -0.1) is 0 Å². The number of nitrogens with zero attached hydrogens (tertiary/aromatic N) is 4. The van der Waals surface area contributed by atoms with Crippen molar-refractivity contribution in [2.24, 2.45) is 0 Å². The average molecular weight is 312 g/mol. The van der Waals surface area contributed by atoms with Crippen LogP contribution in [0.15, 0.2) is 6.33 Å². The molecule has 1 saturated heterocycles. The van der Waals surface area contributed by atoms with E-state index in [0.29, 0.717) is 29.9 Å². The summed E-state index contributed by atoms with van der Waals surface area (Å²) in [6.45, 7) is 1.91. The van der Waals surface area contributed by atoms with Crippen LogP contribution in [0.2, 0.25) is 5.28 Å². The molecule has 7 nitrogen and oxygen atoms in total. The molecule has 1 fully saturated rings. The Morgan fingerprint density at radius 3 is 3.10 bits per heavy atom. The SMILES string of the molecule is CC(=O)SC1CC(=O)N(c2nc(Cl)nc3nc[nH]c23)C1. The Hall–Kier alpha value is -1.67. The maximum absolute atomic E-state index is 12.1. The summed E-state index contributed by atoms with van der Waals surface area (Å²) in [6.07, 6.45) is 1.78. The molecule has 3 heterocycles. The van der Waals surface area contributed by atoms with E-state index in [1.807, 2.05) is 0 Å². The molecule has 0 radical (unpaired) electrons. The van der Waals surface area contributed by atoms with Crippen LogP contribution in [0.5, 0.6) is 0 Å². The maximum Gasteiger partial charge on any atom is 0.229 e. The number of anilines is 1. The van der Waals surface area contributed by atoms with Gasteiger partial charge in [-0.25, -0.2) is 4.98 Å². The van der Waals surface area contributed by atoms with Gasteiger partial charge in [0, 0.05) is 25.1 Å². The molecule has 1 aliphatic heterocycles. The summed E-state index contributed by atoms with van der Waals surface area (Å²) in [4.78, 5) is 39.8. The van der Waals surface area contributed by atoms with E-state index in [9.17, 15) is 9.59 Å². The topological polar surface area (TPSA) is 91.8 Å². The fourth-order valence-electron chi connectivity index (χ4n) is 2.18. The molecule has 0 aromatic carbocycles. The number of aromatic nitrogens is 4. The van der Waals surface area contributed by atoms with E-state index in [4.69, 9.17) is 11.6 Å². The standard InChI is InChI=1S/C11H10ClN5O2S/c1-5(18)20-6-2-7(19)17(3-6)10-8-9(14-4-13-8)15-11(12)16-10/h4,6H,2-3H2,1H3,(H,13,14,15,16). The van der Waals surface area contributed by atoms with Gasteiger partial charge >= 0.3 is 0 Å². The van der Waals surface area contributed by atoms with Crippen molar-refractivity contribution in [2.45, 2.75) is 18.6 Å². The van der Waals surface area contributed by atoms with Crippen molar-refractivity contribution in [3.8, 4) is 0 Å². The number of thioether (sulfide) groups is 1. The highest BCUT2D eigenvalue weighted by atomic mass is 35.5. The lowest BCUT2D eigenvalue weighted by Crippen LogP contribution is -2.26. The molecule has 9 heteroatoms. The zero-order valence-electron chi connectivity index (χ0n) is 10.5. The molecule has 0 saturated carbocycles. The van der Waals surface area contributed by atoms with Crippen LogP contribution in [0.1, 0.15) is 13.3 Å². The number of fused-ring (bicyclic) bond motifs is 1. The van der Waals surface area contributed by atoms with Gasteiger partial charge in [0.1, 0.15) is 5.52 Å². The molecule has 2 aromatic rings. The number of nitrogens with one attached hydrogen (secondary N) is 1. The quantitative estimate of drug-likeness (QED) is 0.843. The normalized spacial score (nSPS) is 19.0. The highest BCUT2D eigenvalue weighted by Gasteiger charge is 2.34. The Labute approximate surface area is 123 Å². The van der Waals surface area contributed by atoms with Crippen molar-refractivity contribution in [1.29, 1.82) is 0 Å². The molecule has 1 unspecified atom stereocenters. The van der Waals surface area contributed by atoms with Gasteiger partial charge in [0.15, 0.2) is 16.6 Å². The summed E-state index contributed by atoms with van der Waals surface area (Å²) in [5.41, 5.74) is 0.978. The van der Waals surface area contributed by atoms with E-state index in [-0.39, 0.29) is 21.6 Å². The van der Waals surface area contributed by atoms with Gasteiger partial charge in [-0.1, -0.05) is 11.8 Å². The van der Waals surface area contributed by atoms with Gasteiger partial charge in [0.05, 0.1) is 6.33 Å². The first kappa shape index (κ1) is 13.3. The van der Waals surface area contributed by atoms with Gasteiger partial charge in [0.2, 0.25) is 11.2 Å². The lowest BCUT2D eigenvalue weighted by Gasteiger charge is -2.15. The first-order valence-corrected chi connectivity index (χ1v) is 7.14. The molecular weight excluding hydrogens is 302 g/mol. The number of hydrogen-bond donors (Lipinski definition) is 1. The van der Waals surface area contributed by atoms with Gasteiger partial charge in [0.25, 0.3) is 0 Å². The Morgan fingerprint density at radius 2 is 2.35 bits per heavy atom. The molecule has 1 atom stereocenters. The first-order chi connectivity index (χ1) is 9.54. The average Bonchev–Trinajstić information content (AvgIpc) is 2.94. The van der Waals surface area contributed by atoms with Crippen LogP contribution in [0.25, 0.3) is 11.2 Å². The molecular formula is C11H10ClN5O2S. The third-order valence-corrected chi connectivity index (χ3v) is 4.07. The van der Waals surface area contributed by atoms with Gasteiger partial charge < -0.3 is 4.98 Å². The van der Waals surface area contributed by atoms with E-state index in [1.54, 1.807) is 0 Å². The number of carbonyl (C=O) groups excluding carboxylic acids is 2. The number of hydrogen-bond acceptors (Lipinski definition) is 6. The van der Waals surface area contributed by atoms with Crippen molar-refractivity contribution < 1.29 is 9.59 Å². The van der Waals surface area contributed by atoms with E-state index < -0.39 is 0 Å². The number of halogens is 1. The molecule has 1 N–H and O–H groups in total. The fraction of sp³-hybridized carbons (Fsp3) is 0.364. The van der Waals surface area contributed by atoms with E-state index >= 15 is 0 Å². The lowest BCUT2D eigenvalue weighted by atomic mass is 10.4. The third kappa shape index (κ3) is 2.36. The van der Waals surface area contributed by atoms with Crippen LogP contribution in [-0.4, -0.2) is 42.8 Å². The van der Waals surface area contributed by atoms with Crippen molar-refractivity contribution in [3.05, 3.63) is 11.6 Å². The molecule has 104 valence electrons. The maximum atomic E-state index is 12.1. The van der Waals surface area contributed by atoms with E-state index in [1.165, 1.54) is 29.9 Å². The number of amides is 1. The number of rotatable bonds is 2.